The minimum Gasteiger partial charge on any atom is -0.505 e. The second-order valence-corrected chi connectivity index (χ2v) is 19.5. The molecule has 0 radical (unpaired) electrons. The van der Waals surface area contributed by atoms with Crippen molar-refractivity contribution in [1.82, 2.24) is 9.97 Å². The van der Waals surface area contributed by atoms with E-state index in [1.54, 1.807) is 36.4 Å². The van der Waals surface area contributed by atoms with Crippen molar-refractivity contribution in [3.8, 4) is 5.75 Å². The predicted molar refractivity (Wildman–Crippen MR) is 261 cm³/mol. The summed E-state index contributed by atoms with van der Waals surface area (Å²) >= 11 is 0. The molecule has 0 saturated heterocycles. The molecule has 0 amide bonds. The summed E-state index contributed by atoms with van der Waals surface area (Å²) in [5, 5.41) is 20.9. The van der Waals surface area contributed by atoms with Gasteiger partial charge in [0.15, 0.2) is 0 Å². The van der Waals surface area contributed by atoms with Crippen molar-refractivity contribution in [3.05, 3.63) is 109 Å². The zero-order valence-electron chi connectivity index (χ0n) is 35.7. The third-order valence-electron chi connectivity index (χ3n) is 9.27. The molecule has 0 aliphatic heterocycles. The van der Waals surface area contributed by atoms with Crippen LogP contribution in [0, 0.1) is 0 Å². The predicted octanol–water partition coefficient (Wildman–Crippen LogP) is 4.64. The smallest absolute Gasteiger partial charge is 0.354 e. The van der Waals surface area contributed by atoms with Crippen molar-refractivity contribution in [2.75, 3.05) is 40.1 Å². The Kier molecular flexibility index (Phi) is 16.0. The van der Waals surface area contributed by atoms with E-state index < -0.39 is 67.7 Å². The number of carbonyl (C=O) groups is 1. The zero-order chi connectivity index (χ0) is 52.1. The minimum absolute atomic E-state index is 0.0372. The third kappa shape index (κ3) is 12.8. The SMILES string of the molecule is CC.Nc1cc2c(O)c(N)c(S(=O)(=O)O)cc2cc1S(=O)(=O)O.Nc1ccc(N)c2cc(S(=O)(=O)O)ccc12.Nc1ccc(N)c2nc(C(=O)O)ccc12.Nc1cnc2ccc(S(=O)(=O)O)cc2c1. The fraction of sp³-hybridized carbons (Fsp3) is 0.0488. The Morgan fingerprint density at radius 2 is 0.986 bits per heavy atom. The number of benzene rings is 6. The van der Waals surface area contributed by atoms with Crippen molar-refractivity contribution in [2.24, 2.45) is 0 Å². The van der Waals surface area contributed by atoms with Gasteiger partial charge in [-0.05, 0) is 96.4 Å². The fourth-order valence-electron chi connectivity index (χ4n) is 6.05. The van der Waals surface area contributed by atoms with E-state index in [1.165, 1.54) is 48.7 Å². The van der Waals surface area contributed by atoms with E-state index in [2.05, 4.69) is 9.97 Å². The van der Waals surface area contributed by atoms with E-state index in [-0.39, 0.29) is 31.9 Å². The van der Waals surface area contributed by atoms with Gasteiger partial charge in [0.25, 0.3) is 40.5 Å². The maximum absolute atomic E-state index is 11.2. The number of nitrogens with two attached hydrogens (primary N) is 7. The Balaban J connectivity index is 0.000000200. The maximum Gasteiger partial charge on any atom is 0.354 e. The van der Waals surface area contributed by atoms with Gasteiger partial charge in [0.1, 0.15) is 21.2 Å². The van der Waals surface area contributed by atoms with E-state index in [9.17, 15) is 43.6 Å². The molecule has 366 valence electrons. The molecule has 69 heavy (non-hydrogen) atoms. The second kappa shape index (κ2) is 20.6. The van der Waals surface area contributed by atoms with Crippen LogP contribution in [0.4, 0.5) is 39.8 Å². The number of aromatic hydroxyl groups is 1. The number of carboxylic acid groups (broad SMARTS) is 1. The van der Waals surface area contributed by atoms with Gasteiger partial charge in [-0.25, -0.2) is 9.78 Å². The number of fused-ring (bicyclic) bond motifs is 4. The normalized spacial score (nSPS) is 11.5. The summed E-state index contributed by atoms with van der Waals surface area (Å²) in [6.07, 6.45) is 1.48. The molecule has 2 aromatic heterocycles. The van der Waals surface area contributed by atoms with Crippen LogP contribution in [0.3, 0.4) is 0 Å². The summed E-state index contributed by atoms with van der Waals surface area (Å²) in [4.78, 5) is 16.8. The number of nitrogens with zero attached hydrogens (tertiary/aromatic N) is 2. The van der Waals surface area contributed by atoms with Crippen LogP contribution in [0.15, 0.2) is 123 Å². The van der Waals surface area contributed by atoms with Crippen LogP contribution in [-0.4, -0.2) is 78.0 Å². The first kappa shape index (κ1) is 53.8. The van der Waals surface area contributed by atoms with Gasteiger partial charge >= 0.3 is 5.97 Å². The van der Waals surface area contributed by atoms with Gasteiger partial charge in [-0.2, -0.15) is 33.7 Å². The highest BCUT2D eigenvalue weighted by Gasteiger charge is 2.23. The number of phenolic OH excluding ortho intramolecular Hbond substituents is 1. The molecule has 0 saturated carbocycles. The lowest BCUT2D eigenvalue weighted by atomic mass is 10.1. The lowest BCUT2D eigenvalue weighted by molar-refractivity contribution is 0.0690. The van der Waals surface area contributed by atoms with Crippen LogP contribution >= 0.6 is 0 Å². The third-order valence-corrected chi connectivity index (χ3v) is 12.8. The van der Waals surface area contributed by atoms with Crippen molar-refractivity contribution >= 4 is 130 Å². The zero-order valence-corrected chi connectivity index (χ0v) is 39.0. The molecule has 2 heterocycles. The van der Waals surface area contributed by atoms with Crippen molar-refractivity contribution in [3.63, 3.8) is 0 Å². The first-order chi connectivity index (χ1) is 31.9. The highest BCUT2D eigenvalue weighted by Crippen LogP contribution is 2.39. The number of carboxylic acids is 1. The molecule has 8 rings (SSSR count). The summed E-state index contributed by atoms with van der Waals surface area (Å²) in [7, 11) is -17.8. The Bertz CT molecular complexity index is 3780. The Morgan fingerprint density at radius 3 is 1.54 bits per heavy atom. The second-order valence-electron chi connectivity index (χ2n) is 13.9. The van der Waals surface area contributed by atoms with Crippen molar-refractivity contribution in [2.45, 2.75) is 33.4 Å². The fourth-order valence-corrected chi connectivity index (χ4v) is 8.36. The topological polar surface area (TPSA) is 483 Å². The van der Waals surface area contributed by atoms with Crippen LogP contribution in [0.2, 0.25) is 0 Å². The molecule has 0 aliphatic rings. The number of nitrogen functional groups attached to an aromatic ring is 7. The average Bonchev–Trinajstić information content (AvgIpc) is 3.27. The number of aromatic nitrogens is 2. The number of rotatable bonds is 5. The van der Waals surface area contributed by atoms with Gasteiger partial charge in [0.2, 0.25) is 0 Å². The largest absolute Gasteiger partial charge is 0.505 e. The Morgan fingerprint density at radius 1 is 0.493 bits per heavy atom. The van der Waals surface area contributed by atoms with E-state index in [0.717, 1.165) is 18.2 Å². The average molecular weight is 1030 g/mol. The standard InChI is InChI=1S/C10H9N3O2.C10H10N2O7S2.C10H10N2O3S.C9H8N2O3S.C2H6/c11-6-2-3-7(12)9-5(6)1-4-8(13-9)10(14)15;11-6-3-5-4(1-7(6)20(14,15)16)2-8(21(17,18)19)9(12)10(5)13;11-9-3-4-10(12)8-5-6(16(13,14)15)1-2-7(8)9;10-7-3-6-4-8(15(12,13)14)1-2-9(6)11-5-7;1-2/h1-4H,11-12H2,(H,14,15);1-3,13H,11-12H2,(H,14,15,16)(H,17,18,19);1-5H,11-12H2,(H,13,14,15);1-5H,10H2,(H,12,13,14);1-2H3. The molecule has 0 aliphatic carbocycles. The lowest BCUT2D eigenvalue weighted by Crippen LogP contribution is -2.06. The van der Waals surface area contributed by atoms with E-state index in [0.29, 0.717) is 61.0 Å². The molecule has 8 aromatic rings. The number of aromatic carboxylic acids is 1. The maximum atomic E-state index is 11.2. The number of anilines is 7. The van der Waals surface area contributed by atoms with E-state index in [1.807, 2.05) is 13.8 Å². The molecule has 0 spiro atoms. The molecule has 28 heteroatoms. The lowest BCUT2D eigenvalue weighted by Gasteiger charge is -2.11. The number of pyridine rings is 2. The molecule has 0 unspecified atom stereocenters. The monoisotopic (exact) mass is 1030 g/mol. The first-order valence-electron chi connectivity index (χ1n) is 19.0. The molecule has 0 fully saturated rings. The van der Waals surface area contributed by atoms with Crippen LogP contribution in [-0.2, 0) is 40.5 Å². The van der Waals surface area contributed by atoms with Crippen LogP contribution < -0.4 is 40.1 Å². The van der Waals surface area contributed by atoms with Crippen LogP contribution in [0.1, 0.15) is 24.3 Å². The summed E-state index contributed by atoms with van der Waals surface area (Å²) in [6, 6.07) is 22.1. The van der Waals surface area contributed by atoms with Gasteiger partial charge in [0, 0.05) is 44.0 Å². The summed E-state index contributed by atoms with van der Waals surface area (Å²) in [5.74, 6) is -1.77. The molecular weight excluding hydrogens is 987 g/mol. The van der Waals surface area contributed by atoms with Gasteiger partial charge in [0.05, 0.1) is 49.8 Å². The van der Waals surface area contributed by atoms with Gasteiger partial charge in [-0.3, -0.25) is 23.2 Å². The van der Waals surface area contributed by atoms with E-state index in [4.69, 9.17) is 63.5 Å². The molecule has 0 atom stereocenters. The summed E-state index contributed by atoms with van der Waals surface area (Å²) < 4.78 is 124. The molecule has 20 N–H and O–H groups in total. The summed E-state index contributed by atoms with van der Waals surface area (Å²) in [6.45, 7) is 4.00. The number of hydrogen-bond acceptors (Lipinski definition) is 19. The minimum atomic E-state index is -4.73. The van der Waals surface area contributed by atoms with Crippen molar-refractivity contribution < 1.29 is 66.9 Å². The van der Waals surface area contributed by atoms with Crippen LogP contribution in [0.5, 0.6) is 5.75 Å². The summed E-state index contributed by atoms with van der Waals surface area (Å²) in [5.41, 5.74) is 41.5. The number of phenols is 1. The van der Waals surface area contributed by atoms with Gasteiger partial charge in [-0.1, -0.05) is 19.9 Å². The number of hydrogen-bond donors (Lipinski definition) is 13. The Labute approximate surface area is 393 Å². The molecule has 6 aromatic carbocycles. The quantitative estimate of drug-likeness (QED) is 0.0634. The highest BCUT2D eigenvalue weighted by atomic mass is 32.2. The highest BCUT2D eigenvalue weighted by molar-refractivity contribution is 7.86. The van der Waals surface area contributed by atoms with Gasteiger partial charge in [-0.15, -0.1) is 0 Å². The van der Waals surface area contributed by atoms with E-state index >= 15 is 0 Å². The van der Waals surface area contributed by atoms with Crippen LogP contribution in [0.25, 0.3) is 43.4 Å². The molecular formula is C41H43N9O15S4. The van der Waals surface area contributed by atoms with Gasteiger partial charge < -0.3 is 50.3 Å². The van der Waals surface area contributed by atoms with Crippen molar-refractivity contribution in [1.29, 1.82) is 0 Å². The first-order valence-corrected chi connectivity index (χ1v) is 24.8. The molecule has 0 bridgehead atoms. The Hall–Kier alpha value is -7.83. The molecule has 24 nitrogen and oxygen atoms in total.